The summed E-state index contributed by atoms with van der Waals surface area (Å²) >= 11 is 5.70. The van der Waals surface area contributed by atoms with Crippen molar-refractivity contribution in [2.75, 3.05) is 0 Å². The van der Waals surface area contributed by atoms with E-state index in [1.54, 1.807) is 18.5 Å². The zero-order valence-corrected chi connectivity index (χ0v) is 8.71. The number of aromatic nitrogens is 1. The van der Waals surface area contributed by atoms with Crippen LogP contribution < -0.4 is 0 Å². The fourth-order valence-corrected chi connectivity index (χ4v) is 1.53. The van der Waals surface area contributed by atoms with Crippen molar-refractivity contribution in [3.05, 3.63) is 54.1 Å². The molecular weight excluding hydrogens is 213 g/mol. The molecule has 0 amide bonds. The summed E-state index contributed by atoms with van der Waals surface area (Å²) in [5.41, 5.74) is 2.63. The molecule has 2 aromatic rings. The topological polar surface area (TPSA) is 12.9 Å². The average Bonchev–Trinajstić information content (AvgIpc) is 2.29. The van der Waals surface area contributed by atoms with Crippen LogP contribution in [0, 0.1) is 5.82 Å². The average molecular weight is 222 g/mol. The van der Waals surface area contributed by atoms with Gasteiger partial charge in [-0.1, -0.05) is 12.1 Å². The van der Waals surface area contributed by atoms with E-state index >= 15 is 0 Å². The number of alkyl halides is 1. The Hall–Kier alpha value is -1.41. The molecule has 0 unspecified atom stereocenters. The van der Waals surface area contributed by atoms with E-state index in [4.69, 9.17) is 11.6 Å². The minimum absolute atomic E-state index is 0.247. The minimum atomic E-state index is -0.247. The molecule has 1 heterocycles. The Morgan fingerprint density at radius 2 is 2.00 bits per heavy atom. The second-order valence-corrected chi connectivity index (χ2v) is 3.49. The number of hydrogen-bond acceptors (Lipinski definition) is 1. The molecule has 0 aliphatic rings. The van der Waals surface area contributed by atoms with Crippen molar-refractivity contribution >= 4 is 11.6 Å². The molecule has 1 aromatic heterocycles. The van der Waals surface area contributed by atoms with Gasteiger partial charge in [0.05, 0.1) is 0 Å². The highest BCUT2D eigenvalue weighted by molar-refractivity contribution is 6.17. The molecule has 0 spiro atoms. The van der Waals surface area contributed by atoms with E-state index in [-0.39, 0.29) is 5.82 Å². The predicted molar refractivity (Wildman–Crippen MR) is 59.2 cm³/mol. The summed E-state index contributed by atoms with van der Waals surface area (Å²) in [6.45, 7) is 0. The highest BCUT2D eigenvalue weighted by Crippen LogP contribution is 2.20. The monoisotopic (exact) mass is 221 g/mol. The molecule has 0 radical (unpaired) electrons. The van der Waals surface area contributed by atoms with Gasteiger partial charge < -0.3 is 0 Å². The highest BCUT2D eigenvalue weighted by Gasteiger charge is 2.00. The molecule has 0 fully saturated rings. The SMILES string of the molecule is Fc1cccc(-c2cncc(CCl)c2)c1. The van der Waals surface area contributed by atoms with Crippen LogP contribution in [0.3, 0.4) is 0 Å². The van der Waals surface area contributed by atoms with Crippen LogP contribution in [0.2, 0.25) is 0 Å². The van der Waals surface area contributed by atoms with Gasteiger partial charge in [0.25, 0.3) is 0 Å². The number of benzene rings is 1. The molecule has 2 rings (SSSR count). The van der Waals surface area contributed by atoms with E-state index in [1.807, 2.05) is 12.1 Å². The molecule has 1 aromatic carbocycles. The second-order valence-electron chi connectivity index (χ2n) is 3.23. The smallest absolute Gasteiger partial charge is 0.123 e. The molecule has 1 nitrogen and oxygen atoms in total. The lowest BCUT2D eigenvalue weighted by Gasteiger charge is -2.02. The zero-order chi connectivity index (χ0) is 10.7. The molecule has 0 aliphatic carbocycles. The zero-order valence-electron chi connectivity index (χ0n) is 7.95. The number of nitrogens with zero attached hydrogens (tertiary/aromatic N) is 1. The third-order valence-corrected chi connectivity index (χ3v) is 2.42. The highest BCUT2D eigenvalue weighted by atomic mass is 35.5. The van der Waals surface area contributed by atoms with E-state index in [2.05, 4.69) is 4.98 Å². The first-order chi connectivity index (χ1) is 7.29. The van der Waals surface area contributed by atoms with Crippen LogP contribution in [0.4, 0.5) is 4.39 Å². The van der Waals surface area contributed by atoms with Gasteiger partial charge in [0, 0.05) is 23.8 Å². The Morgan fingerprint density at radius 3 is 2.73 bits per heavy atom. The van der Waals surface area contributed by atoms with Crippen LogP contribution in [0.25, 0.3) is 11.1 Å². The van der Waals surface area contributed by atoms with Gasteiger partial charge in [-0.25, -0.2) is 4.39 Å². The number of halogens is 2. The van der Waals surface area contributed by atoms with E-state index in [0.717, 1.165) is 16.7 Å². The Bertz CT molecular complexity index is 471. The van der Waals surface area contributed by atoms with Crippen molar-refractivity contribution in [2.24, 2.45) is 0 Å². The number of rotatable bonds is 2. The van der Waals surface area contributed by atoms with Crippen LogP contribution in [-0.4, -0.2) is 4.98 Å². The van der Waals surface area contributed by atoms with Gasteiger partial charge in [-0.2, -0.15) is 0 Å². The van der Waals surface area contributed by atoms with Gasteiger partial charge in [-0.05, 0) is 29.3 Å². The number of pyridine rings is 1. The molecule has 0 bridgehead atoms. The standard InChI is InChI=1S/C12H9ClFN/c13-6-9-4-11(8-15-7-9)10-2-1-3-12(14)5-10/h1-5,7-8H,6H2. The maximum atomic E-state index is 13.0. The lowest BCUT2D eigenvalue weighted by Crippen LogP contribution is -1.85. The third-order valence-electron chi connectivity index (χ3n) is 2.11. The lowest BCUT2D eigenvalue weighted by atomic mass is 10.1. The minimum Gasteiger partial charge on any atom is -0.264 e. The molecule has 3 heteroatoms. The summed E-state index contributed by atoms with van der Waals surface area (Å²) in [7, 11) is 0. The van der Waals surface area contributed by atoms with Crippen LogP contribution in [0.5, 0.6) is 0 Å². The van der Waals surface area contributed by atoms with Gasteiger partial charge >= 0.3 is 0 Å². The van der Waals surface area contributed by atoms with Crippen molar-refractivity contribution in [3.63, 3.8) is 0 Å². The largest absolute Gasteiger partial charge is 0.264 e. The first kappa shape index (κ1) is 10.1. The first-order valence-corrected chi connectivity index (χ1v) is 5.09. The summed E-state index contributed by atoms with van der Waals surface area (Å²) in [5, 5.41) is 0. The maximum Gasteiger partial charge on any atom is 0.123 e. The van der Waals surface area contributed by atoms with Crippen LogP contribution in [0.1, 0.15) is 5.56 Å². The van der Waals surface area contributed by atoms with E-state index in [9.17, 15) is 4.39 Å². The first-order valence-electron chi connectivity index (χ1n) is 4.55. The van der Waals surface area contributed by atoms with E-state index in [0.29, 0.717) is 5.88 Å². The maximum absolute atomic E-state index is 13.0. The fourth-order valence-electron chi connectivity index (χ4n) is 1.39. The van der Waals surface area contributed by atoms with E-state index in [1.165, 1.54) is 12.1 Å². The fraction of sp³-hybridized carbons (Fsp3) is 0.0833. The van der Waals surface area contributed by atoms with Crippen molar-refractivity contribution in [3.8, 4) is 11.1 Å². The van der Waals surface area contributed by atoms with Gasteiger partial charge in [0.1, 0.15) is 5.82 Å². The molecule has 0 atom stereocenters. The molecule has 0 aliphatic heterocycles. The lowest BCUT2D eigenvalue weighted by molar-refractivity contribution is 0.628. The van der Waals surface area contributed by atoms with Crippen LogP contribution in [0.15, 0.2) is 42.7 Å². The summed E-state index contributed by atoms with van der Waals surface area (Å²) < 4.78 is 13.0. The normalized spacial score (nSPS) is 10.3. The molecule has 0 saturated carbocycles. The van der Waals surface area contributed by atoms with Crippen molar-refractivity contribution < 1.29 is 4.39 Å². The molecule has 76 valence electrons. The van der Waals surface area contributed by atoms with Gasteiger partial charge in [-0.15, -0.1) is 11.6 Å². The summed E-state index contributed by atoms with van der Waals surface area (Å²) in [4.78, 5) is 4.05. The Morgan fingerprint density at radius 1 is 1.13 bits per heavy atom. The summed E-state index contributed by atoms with van der Waals surface area (Å²) in [6.07, 6.45) is 3.40. The van der Waals surface area contributed by atoms with E-state index < -0.39 is 0 Å². The van der Waals surface area contributed by atoms with Crippen molar-refractivity contribution in [2.45, 2.75) is 5.88 Å². The van der Waals surface area contributed by atoms with Gasteiger partial charge in [0.15, 0.2) is 0 Å². The van der Waals surface area contributed by atoms with Crippen molar-refractivity contribution in [1.29, 1.82) is 0 Å². The van der Waals surface area contributed by atoms with Gasteiger partial charge in [0.2, 0.25) is 0 Å². The summed E-state index contributed by atoms with van der Waals surface area (Å²) in [6, 6.07) is 8.34. The molecular formula is C12H9ClFN. The van der Waals surface area contributed by atoms with Crippen LogP contribution in [-0.2, 0) is 5.88 Å². The second kappa shape index (κ2) is 4.41. The number of hydrogen-bond donors (Lipinski definition) is 0. The van der Waals surface area contributed by atoms with Gasteiger partial charge in [-0.3, -0.25) is 4.98 Å². The Kier molecular flexibility index (Phi) is 2.97. The predicted octanol–water partition coefficient (Wildman–Crippen LogP) is 3.63. The Balaban J connectivity index is 2.44. The molecule has 0 saturated heterocycles. The molecule has 15 heavy (non-hydrogen) atoms. The quantitative estimate of drug-likeness (QED) is 0.706. The summed E-state index contributed by atoms with van der Waals surface area (Å²) in [5.74, 6) is 0.166. The van der Waals surface area contributed by atoms with Crippen LogP contribution >= 0.6 is 11.6 Å². The Labute approximate surface area is 92.5 Å². The van der Waals surface area contributed by atoms with Crippen molar-refractivity contribution in [1.82, 2.24) is 4.98 Å². The molecule has 0 N–H and O–H groups in total. The third kappa shape index (κ3) is 2.34.